The molecule has 0 radical (unpaired) electrons. The van der Waals surface area contributed by atoms with Gasteiger partial charge in [0.15, 0.2) is 0 Å². The monoisotopic (exact) mass is 304 g/mol. The first-order valence-corrected chi connectivity index (χ1v) is 7.34. The van der Waals surface area contributed by atoms with Crippen LogP contribution in [0.3, 0.4) is 0 Å². The van der Waals surface area contributed by atoms with E-state index in [-0.39, 0.29) is 18.9 Å². The fraction of sp³-hybridized carbons (Fsp3) is 0.438. The molecule has 1 aromatic rings. The lowest BCUT2D eigenvalue weighted by Gasteiger charge is -2.17. The van der Waals surface area contributed by atoms with E-state index in [1.165, 1.54) is 12.5 Å². The summed E-state index contributed by atoms with van der Waals surface area (Å²) in [6, 6.07) is 6.71. The first kappa shape index (κ1) is 16.0. The Labute approximate surface area is 129 Å². The number of carbonyl (C=O) groups is 3. The third-order valence-electron chi connectivity index (χ3n) is 3.88. The van der Waals surface area contributed by atoms with Gasteiger partial charge in [0.2, 0.25) is 11.8 Å². The summed E-state index contributed by atoms with van der Waals surface area (Å²) in [5.41, 5.74) is 1.95. The zero-order chi connectivity index (χ0) is 16.3. The first-order valence-electron chi connectivity index (χ1n) is 7.34. The number of anilines is 1. The summed E-state index contributed by atoms with van der Waals surface area (Å²) < 4.78 is 0. The molecule has 0 saturated carbocycles. The van der Waals surface area contributed by atoms with Gasteiger partial charge in [-0.2, -0.15) is 0 Å². The molecular formula is C16H20N2O4. The van der Waals surface area contributed by atoms with E-state index in [9.17, 15) is 14.4 Å². The Hall–Kier alpha value is -2.37. The van der Waals surface area contributed by atoms with Crippen LogP contribution < -0.4 is 10.2 Å². The molecule has 118 valence electrons. The van der Waals surface area contributed by atoms with E-state index in [0.29, 0.717) is 0 Å². The Kier molecular flexibility index (Phi) is 4.80. The minimum atomic E-state index is -1.09. The van der Waals surface area contributed by atoms with Crippen molar-refractivity contribution in [2.45, 2.75) is 32.7 Å². The molecule has 2 rings (SSSR count). The van der Waals surface area contributed by atoms with Gasteiger partial charge in [-0.1, -0.05) is 19.1 Å². The van der Waals surface area contributed by atoms with Crippen molar-refractivity contribution >= 4 is 23.5 Å². The van der Waals surface area contributed by atoms with Crippen LogP contribution in [0.25, 0.3) is 0 Å². The Bertz CT molecular complexity index is 582. The molecular weight excluding hydrogens is 284 g/mol. The van der Waals surface area contributed by atoms with E-state index < -0.39 is 23.8 Å². The van der Waals surface area contributed by atoms with Gasteiger partial charge in [-0.15, -0.1) is 0 Å². The Morgan fingerprint density at radius 1 is 1.36 bits per heavy atom. The molecule has 6 nitrogen and oxygen atoms in total. The maximum absolute atomic E-state index is 12.1. The topological polar surface area (TPSA) is 86.7 Å². The third kappa shape index (κ3) is 3.44. The highest BCUT2D eigenvalue weighted by atomic mass is 16.4. The number of hydrogen-bond acceptors (Lipinski definition) is 3. The van der Waals surface area contributed by atoms with Crippen LogP contribution in [0, 0.1) is 5.92 Å². The lowest BCUT2D eigenvalue weighted by Crippen LogP contribution is -2.42. The van der Waals surface area contributed by atoms with Gasteiger partial charge in [-0.25, -0.2) is 0 Å². The summed E-state index contributed by atoms with van der Waals surface area (Å²) in [5.74, 6) is -2.12. The predicted octanol–water partition coefficient (Wildman–Crippen LogP) is 1.19. The zero-order valence-electron chi connectivity index (χ0n) is 12.7. The molecule has 2 N–H and O–H groups in total. The molecule has 1 aromatic carbocycles. The van der Waals surface area contributed by atoms with Crippen molar-refractivity contribution in [2.24, 2.45) is 5.92 Å². The molecule has 0 aliphatic carbocycles. The lowest BCUT2D eigenvalue weighted by molar-refractivity contribution is -0.141. The van der Waals surface area contributed by atoms with Gasteiger partial charge in [0.05, 0.1) is 5.92 Å². The van der Waals surface area contributed by atoms with Crippen molar-refractivity contribution < 1.29 is 19.5 Å². The van der Waals surface area contributed by atoms with Crippen LogP contribution in [0.5, 0.6) is 0 Å². The van der Waals surface area contributed by atoms with Crippen molar-refractivity contribution in [3.05, 3.63) is 29.8 Å². The van der Waals surface area contributed by atoms with Crippen LogP contribution in [0.4, 0.5) is 5.69 Å². The highest BCUT2D eigenvalue weighted by Gasteiger charge is 2.35. The van der Waals surface area contributed by atoms with Crippen LogP contribution in [0.2, 0.25) is 0 Å². The normalized spacial score (nSPS) is 19.1. The van der Waals surface area contributed by atoms with Crippen molar-refractivity contribution in [3.63, 3.8) is 0 Å². The van der Waals surface area contributed by atoms with Crippen molar-refractivity contribution in [2.75, 3.05) is 11.4 Å². The summed E-state index contributed by atoms with van der Waals surface area (Å²) in [7, 11) is 0. The summed E-state index contributed by atoms with van der Waals surface area (Å²) in [6.45, 7) is 3.74. The summed E-state index contributed by atoms with van der Waals surface area (Å²) >= 11 is 0. The minimum absolute atomic E-state index is 0.105. The lowest BCUT2D eigenvalue weighted by atomic mass is 10.1. The quantitative estimate of drug-likeness (QED) is 0.855. The molecule has 1 aliphatic heterocycles. The Morgan fingerprint density at radius 3 is 2.55 bits per heavy atom. The zero-order valence-corrected chi connectivity index (χ0v) is 12.7. The number of aryl methyl sites for hydroxylation is 1. The number of carbonyl (C=O) groups excluding carboxylic acids is 2. The second kappa shape index (κ2) is 6.60. The molecule has 1 heterocycles. The summed E-state index contributed by atoms with van der Waals surface area (Å²) in [6.07, 6.45) is 1.03. The van der Waals surface area contributed by atoms with E-state index >= 15 is 0 Å². The second-order valence-corrected chi connectivity index (χ2v) is 5.49. The third-order valence-corrected chi connectivity index (χ3v) is 3.88. The highest BCUT2D eigenvalue weighted by molar-refractivity contribution is 6.00. The second-order valence-electron chi connectivity index (χ2n) is 5.49. The number of amides is 2. The van der Waals surface area contributed by atoms with Crippen LogP contribution in [-0.4, -0.2) is 35.5 Å². The van der Waals surface area contributed by atoms with Crippen LogP contribution in [0.1, 0.15) is 25.8 Å². The number of rotatable bonds is 5. The Morgan fingerprint density at radius 2 is 2.00 bits per heavy atom. The predicted molar refractivity (Wildman–Crippen MR) is 81.5 cm³/mol. The SMILES string of the molecule is CCc1ccc(N2CC(C(=O)N[C@H](C)C(=O)O)CC2=O)cc1. The number of nitrogens with one attached hydrogen (secondary N) is 1. The van der Waals surface area contributed by atoms with Crippen molar-refractivity contribution in [3.8, 4) is 0 Å². The minimum Gasteiger partial charge on any atom is -0.480 e. The summed E-state index contributed by atoms with van der Waals surface area (Å²) in [4.78, 5) is 36.5. The number of nitrogens with zero attached hydrogens (tertiary/aromatic N) is 1. The van der Waals surface area contributed by atoms with Gasteiger partial charge in [0.1, 0.15) is 6.04 Å². The maximum atomic E-state index is 12.1. The number of benzene rings is 1. The maximum Gasteiger partial charge on any atom is 0.325 e. The molecule has 1 saturated heterocycles. The van der Waals surface area contributed by atoms with Gasteiger partial charge >= 0.3 is 5.97 Å². The van der Waals surface area contributed by atoms with Crippen molar-refractivity contribution in [1.82, 2.24) is 5.32 Å². The van der Waals surface area contributed by atoms with Gasteiger partial charge in [0.25, 0.3) is 0 Å². The number of carboxylic acid groups (broad SMARTS) is 1. The fourth-order valence-electron chi connectivity index (χ4n) is 2.44. The van der Waals surface area contributed by atoms with Crippen LogP contribution in [0.15, 0.2) is 24.3 Å². The number of aliphatic carboxylic acids is 1. The van der Waals surface area contributed by atoms with Gasteiger partial charge in [-0.3, -0.25) is 14.4 Å². The number of hydrogen-bond donors (Lipinski definition) is 2. The van der Waals surface area contributed by atoms with Crippen molar-refractivity contribution in [1.29, 1.82) is 0 Å². The molecule has 1 unspecified atom stereocenters. The van der Waals surface area contributed by atoms with E-state index in [0.717, 1.165) is 12.1 Å². The molecule has 22 heavy (non-hydrogen) atoms. The standard InChI is InChI=1S/C16H20N2O4/c1-3-11-4-6-13(7-5-11)18-9-12(8-14(18)19)15(20)17-10(2)16(21)22/h4-7,10,12H,3,8-9H2,1-2H3,(H,17,20)(H,21,22)/t10-,12?/m1/s1. The highest BCUT2D eigenvalue weighted by Crippen LogP contribution is 2.25. The molecule has 6 heteroatoms. The van der Waals surface area contributed by atoms with Gasteiger partial charge in [-0.05, 0) is 31.0 Å². The summed E-state index contributed by atoms with van der Waals surface area (Å²) in [5, 5.41) is 11.2. The number of carboxylic acids is 1. The van der Waals surface area contributed by atoms with Crippen LogP contribution in [-0.2, 0) is 20.8 Å². The van der Waals surface area contributed by atoms with E-state index in [4.69, 9.17) is 5.11 Å². The van der Waals surface area contributed by atoms with Crippen LogP contribution >= 0.6 is 0 Å². The molecule has 1 fully saturated rings. The smallest absolute Gasteiger partial charge is 0.325 e. The molecule has 1 aliphatic rings. The van der Waals surface area contributed by atoms with Gasteiger partial charge in [0, 0.05) is 18.7 Å². The largest absolute Gasteiger partial charge is 0.480 e. The fourth-order valence-corrected chi connectivity index (χ4v) is 2.44. The molecule has 0 bridgehead atoms. The van der Waals surface area contributed by atoms with E-state index in [2.05, 4.69) is 12.2 Å². The average Bonchev–Trinajstić information content (AvgIpc) is 2.89. The first-order chi connectivity index (χ1) is 10.4. The average molecular weight is 304 g/mol. The van der Waals surface area contributed by atoms with E-state index in [1.807, 2.05) is 24.3 Å². The Balaban J connectivity index is 2.03. The van der Waals surface area contributed by atoms with Gasteiger partial charge < -0.3 is 15.3 Å². The van der Waals surface area contributed by atoms with E-state index in [1.54, 1.807) is 4.90 Å². The molecule has 0 spiro atoms. The molecule has 2 amide bonds. The molecule has 0 aromatic heterocycles. The molecule has 2 atom stereocenters.